The smallest absolute Gasteiger partial charge is 0.240 e. The molecule has 0 spiro atoms. The maximum Gasteiger partial charge on any atom is 0.240 e. The summed E-state index contributed by atoms with van der Waals surface area (Å²) in [4.78, 5) is 25.1. The van der Waals surface area contributed by atoms with E-state index in [0.717, 1.165) is 19.3 Å². The van der Waals surface area contributed by atoms with E-state index in [9.17, 15) is 9.59 Å². The first-order valence-corrected chi connectivity index (χ1v) is 7.75. The van der Waals surface area contributed by atoms with Crippen molar-refractivity contribution in [3.05, 3.63) is 23.2 Å². The van der Waals surface area contributed by atoms with Crippen molar-refractivity contribution in [2.24, 2.45) is 0 Å². The Labute approximate surface area is 136 Å². The first kappa shape index (κ1) is 18.3. The fourth-order valence-electron chi connectivity index (χ4n) is 2.01. The van der Waals surface area contributed by atoms with Crippen LogP contribution in [0.25, 0.3) is 0 Å². The van der Waals surface area contributed by atoms with Gasteiger partial charge in [-0.05, 0) is 24.6 Å². The van der Waals surface area contributed by atoms with E-state index in [4.69, 9.17) is 16.3 Å². The van der Waals surface area contributed by atoms with Gasteiger partial charge in [-0.1, -0.05) is 31.4 Å². The van der Waals surface area contributed by atoms with Crippen LogP contribution in [0.3, 0.4) is 0 Å². The van der Waals surface area contributed by atoms with Crippen LogP contribution in [0.1, 0.15) is 33.1 Å². The number of halogens is 1. The largest absolute Gasteiger partial charge is 0.495 e. The third-order valence-corrected chi connectivity index (χ3v) is 3.53. The quantitative estimate of drug-likeness (QED) is 0.747. The van der Waals surface area contributed by atoms with Crippen molar-refractivity contribution < 1.29 is 14.3 Å². The van der Waals surface area contributed by atoms with Gasteiger partial charge in [0.1, 0.15) is 12.3 Å². The highest BCUT2D eigenvalue weighted by Crippen LogP contribution is 2.29. The van der Waals surface area contributed by atoms with Crippen LogP contribution < -0.4 is 15.0 Å². The third-order valence-electron chi connectivity index (χ3n) is 3.23. The van der Waals surface area contributed by atoms with E-state index in [1.165, 1.54) is 18.9 Å². The van der Waals surface area contributed by atoms with Crippen LogP contribution in [0.15, 0.2) is 18.2 Å². The molecule has 1 aromatic carbocycles. The molecule has 0 radical (unpaired) electrons. The van der Waals surface area contributed by atoms with Crippen molar-refractivity contribution in [3.63, 3.8) is 0 Å². The lowest BCUT2D eigenvalue weighted by molar-refractivity contribution is -0.123. The number of anilines is 1. The minimum Gasteiger partial charge on any atom is -0.495 e. The molecule has 0 unspecified atom stereocenters. The molecule has 6 heteroatoms. The number of amides is 2. The van der Waals surface area contributed by atoms with Crippen molar-refractivity contribution in [1.29, 1.82) is 0 Å². The second-order valence-corrected chi connectivity index (χ2v) is 5.39. The van der Waals surface area contributed by atoms with Gasteiger partial charge < -0.3 is 15.0 Å². The zero-order chi connectivity index (χ0) is 16.5. The van der Waals surface area contributed by atoms with E-state index in [1.807, 2.05) is 0 Å². The zero-order valence-electron chi connectivity index (χ0n) is 13.3. The number of unbranched alkanes of at least 4 members (excludes halogenated alkanes) is 2. The molecule has 1 rings (SSSR count). The highest BCUT2D eigenvalue weighted by Gasteiger charge is 2.16. The molecule has 0 heterocycles. The van der Waals surface area contributed by atoms with Gasteiger partial charge in [-0.3, -0.25) is 9.59 Å². The van der Waals surface area contributed by atoms with Gasteiger partial charge in [0.2, 0.25) is 11.8 Å². The average molecular weight is 327 g/mol. The molecule has 22 heavy (non-hydrogen) atoms. The second kappa shape index (κ2) is 9.30. The van der Waals surface area contributed by atoms with Crippen molar-refractivity contribution in [2.45, 2.75) is 33.1 Å². The molecule has 1 N–H and O–H groups in total. The highest BCUT2D eigenvalue weighted by molar-refractivity contribution is 6.32. The van der Waals surface area contributed by atoms with Crippen LogP contribution in [0.4, 0.5) is 5.69 Å². The summed E-state index contributed by atoms with van der Waals surface area (Å²) in [6, 6.07) is 5.00. The number of hydrogen-bond donors (Lipinski definition) is 1. The molecule has 0 bridgehead atoms. The zero-order valence-corrected chi connectivity index (χ0v) is 14.1. The molecule has 5 nitrogen and oxygen atoms in total. The summed E-state index contributed by atoms with van der Waals surface area (Å²) < 4.78 is 5.08. The Balaban J connectivity index is 2.71. The molecule has 0 saturated heterocycles. The number of ether oxygens (including phenoxy) is 1. The average Bonchev–Trinajstić information content (AvgIpc) is 2.49. The van der Waals surface area contributed by atoms with Gasteiger partial charge in [0, 0.05) is 19.2 Å². The summed E-state index contributed by atoms with van der Waals surface area (Å²) in [5.74, 6) is 0.126. The first-order chi connectivity index (χ1) is 10.5. The maximum atomic E-state index is 11.9. The number of nitrogens with one attached hydrogen (secondary N) is 1. The minimum absolute atomic E-state index is 0.0237. The van der Waals surface area contributed by atoms with Gasteiger partial charge in [-0.25, -0.2) is 0 Å². The van der Waals surface area contributed by atoms with Crippen molar-refractivity contribution in [1.82, 2.24) is 5.32 Å². The molecule has 0 atom stereocenters. The van der Waals surface area contributed by atoms with Crippen molar-refractivity contribution in [2.75, 3.05) is 25.1 Å². The number of rotatable bonds is 8. The molecule has 0 aliphatic carbocycles. The fourth-order valence-corrected chi connectivity index (χ4v) is 2.26. The van der Waals surface area contributed by atoms with Crippen LogP contribution in [-0.4, -0.2) is 32.0 Å². The van der Waals surface area contributed by atoms with Crippen LogP contribution in [0.2, 0.25) is 5.02 Å². The minimum atomic E-state index is -0.218. The lowest BCUT2D eigenvalue weighted by Crippen LogP contribution is -2.40. The van der Waals surface area contributed by atoms with Crippen molar-refractivity contribution in [3.8, 4) is 5.75 Å². The SMILES string of the molecule is CCCCCNC(=O)CN(C(C)=O)c1ccc(OC)c(Cl)c1. The monoisotopic (exact) mass is 326 g/mol. The molecule has 0 aromatic heterocycles. The molecule has 122 valence electrons. The molecule has 0 fully saturated rings. The van der Waals surface area contributed by atoms with Gasteiger partial charge in [0.05, 0.1) is 12.1 Å². The van der Waals surface area contributed by atoms with E-state index >= 15 is 0 Å². The lowest BCUT2D eigenvalue weighted by atomic mass is 10.2. The number of methoxy groups -OCH3 is 1. The van der Waals surface area contributed by atoms with Gasteiger partial charge in [0.15, 0.2) is 0 Å². The lowest BCUT2D eigenvalue weighted by Gasteiger charge is -2.21. The standard InChI is InChI=1S/C16H23ClN2O3/c1-4-5-6-9-18-16(21)11-19(12(2)20)13-7-8-15(22-3)14(17)10-13/h7-8,10H,4-6,9,11H2,1-3H3,(H,18,21). The molecule has 0 saturated carbocycles. The van der Waals surface area contributed by atoms with E-state index in [1.54, 1.807) is 18.2 Å². The van der Waals surface area contributed by atoms with Crippen LogP contribution in [-0.2, 0) is 9.59 Å². The Morgan fingerprint density at radius 3 is 2.59 bits per heavy atom. The Hall–Kier alpha value is -1.75. The number of benzene rings is 1. The fraction of sp³-hybridized carbons (Fsp3) is 0.500. The molecule has 1 aromatic rings. The Bertz CT molecular complexity index is 520. The third kappa shape index (κ3) is 5.56. The predicted octanol–water partition coefficient (Wildman–Crippen LogP) is 3.01. The Morgan fingerprint density at radius 1 is 1.32 bits per heavy atom. The number of carbonyl (C=O) groups is 2. The number of carbonyl (C=O) groups excluding carboxylic acids is 2. The number of nitrogens with zero attached hydrogens (tertiary/aromatic N) is 1. The summed E-state index contributed by atoms with van der Waals surface area (Å²) in [6.45, 7) is 4.13. The summed E-state index contributed by atoms with van der Waals surface area (Å²) in [6.07, 6.45) is 3.11. The summed E-state index contributed by atoms with van der Waals surface area (Å²) in [5, 5.41) is 3.22. The predicted molar refractivity (Wildman–Crippen MR) is 88.6 cm³/mol. The van der Waals surface area contributed by atoms with E-state index in [-0.39, 0.29) is 18.4 Å². The molecular formula is C16H23ClN2O3. The van der Waals surface area contributed by atoms with Gasteiger partial charge >= 0.3 is 0 Å². The van der Waals surface area contributed by atoms with Crippen LogP contribution in [0.5, 0.6) is 5.75 Å². The highest BCUT2D eigenvalue weighted by atomic mass is 35.5. The van der Waals surface area contributed by atoms with Crippen molar-refractivity contribution >= 4 is 29.1 Å². The summed E-state index contributed by atoms with van der Waals surface area (Å²) in [7, 11) is 1.52. The van der Waals surface area contributed by atoms with E-state index < -0.39 is 0 Å². The van der Waals surface area contributed by atoms with Crippen LogP contribution in [0, 0.1) is 0 Å². The first-order valence-electron chi connectivity index (χ1n) is 7.38. The van der Waals surface area contributed by atoms with Gasteiger partial charge in [0.25, 0.3) is 0 Å². The summed E-state index contributed by atoms with van der Waals surface area (Å²) in [5.41, 5.74) is 0.571. The number of hydrogen-bond acceptors (Lipinski definition) is 3. The maximum absolute atomic E-state index is 11.9. The molecule has 0 aliphatic rings. The Morgan fingerprint density at radius 2 is 2.05 bits per heavy atom. The topological polar surface area (TPSA) is 58.6 Å². The van der Waals surface area contributed by atoms with Crippen LogP contribution >= 0.6 is 11.6 Å². The summed E-state index contributed by atoms with van der Waals surface area (Å²) >= 11 is 6.07. The van der Waals surface area contributed by atoms with E-state index in [2.05, 4.69) is 12.2 Å². The van der Waals surface area contributed by atoms with E-state index in [0.29, 0.717) is 23.0 Å². The Kier molecular flexibility index (Phi) is 7.74. The molecule has 0 aliphatic heterocycles. The molecular weight excluding hydrogens is 304 g/mol. The van der Waals surface area contributed by atoms with Gasteiger partial charge in [-0.15, -0.1) is 0 Å². The van der Waals surface area contributed by atoms with Gasteiger partial charge in [-0.2, -0.15) is 0 Å². The normalized spacial score (nSPS) is 10.2. The second-order valence-electron chi connectivity index (χ2n) is 4.98. The molecule has 2 amide bonds.